The van der Waals surface area contributed by atoms with Crippen molar-refractivity contribution < 1.29 is 14.3 Å². The molecular weight excluding hydrogens is 204 g/mol. The Bertz CT molecular complexity index is 235. The van der Waals surface area contributed by atoms with Gasteiger partial charge in [-0.1, -0.05) is 13.3 Å². The molecule has 2 atom stereocenters. The van der Waals surface area contributed by atoms with Crippen molar-refractivity contribution in [3.05, 3.63) is 0 Å². The third-order valence-electron chi connectivity index (χ3n) is 3.41. The van der Waals surface area contributed by atoms with Gasteiger partial charge in [-0.05, 0) is 39.0 Å². The fourth-order valence-corrected chi connectivity index (χ4v) is 2.63. The maximum Gasteiger partial charge on any atom is 0.308 e. The Morgan fingerprint density at radius 2 is 2.25 bits per heavy atom. The lowest BCUT2D eigenvalue weighted by atomic mass is 9.78. The largest absolute Gasteiger partial charge is 0.469 e. The van der Waals surface area contributed by atoms with E-state index in [1.54, 1.807) is 0 Å². The van der Waals surface area contributed by atoms with Crippen LogP contribution in [0.4, 0.5) is 0 Å². The van der Waals surface area contributed by atoms with E-state index in [0.717, 1.165) is 32.3 Å². The molecule has 94 valence electrons. The van der Waals surface area contributed by atoms with Crippen molar-refractivity contribution in [3.63, 3.8) is 0 Å². The Morgan fingerprint density at radius 3 is 2.75 bits per heavy atom. The second-order valence-corrected chi connectivity index (χ2v) is 5.28. The van der Waals surface area contributed by atoms with Crippen molar-refractivity contribution in [2.75, 3.05) is 13.7 Å². The highest BCUT2D eigenvalue weighted by atomic mass is 16.5. The summed E-state index contributed by atoms with van der Waals surface area (Å²) in [7, 11) is 1.48. The molecule has 0 spiro atoms. The number of hydrogen-bond donors (Lipinski definition) is 0. The Balaban J connectivity index is 2.66. The SMILES string of the molecule is CCCC(C(=O)OC)C1CCOC(C)(C)C1. The van der Waals surface area contributed by atoms with E-state index in [4.69, 9.17) is 9.47 Å². The minimum absolute atomic E-state index is 0.0513. The van der Waals surface area contributed by atoms with E-state index in [9.17, 15) is 4.79 Å². The molecule has 3 nitrogen and oxygen atoms in total. The number of ether oxygens (including phenoxy) is 2. The third kappa shape index (κ3) is 3.48. The maximum absolute atomic E-state index is 11.7. The second-order valence-electron chi connectivity index (χ2n) is 5.28. The van der Waals surface area contributed by atoms with E-state index in [1.807, 2.05) is 0 Å². The van der Waals surface area contributed by atoms with Crippen molar-refractivity contribution in [2.45, 2.75) is 52.1 Å². The van der Waals surface area contributed by atoms with Gasteiger partial charge in [0.1, 0.15) is 0 Å². The number of esters is 1. The Morgan fingerprint density at radius 1 is 1.56 bits per heavy atom. The molecule has 1 aliphatic rings. The highest BCUT2D eigenvalue weighted by Gasteiger charge is 2.36. The fraction of sp³-hybridized carbons (Fsp3) is 0.923. The summed E-state index contributed by atoms with van der Waals surface area (Å²) >= 11 is 0. The van der Waals surface area contributed by atoms with Gasteiger partial charge in [-0.25, -0.2) is 0 Å². The first-order valence-corrected chi connectivity index (χ1v) is 6.22. The van der Waals surface area contributed by atoms with Gasteiger partial charge in [0.05, 0.1) is 18.6 Å². The molecule has 1 heterocycles. The highest BCUT2D eigenvalue weighted by Crippen LogP contribution is 2.35. The summed E-state index contributed by atoms with van der Waals surface area (Å²) in [6.45, 7) is 7.06. The van der Waals surface area contributed by atoms with Crippen molar-refractivity contribution in [3.8, 4) is 0 Å². The molecule has 1 aliphatic heterocycles. The smallest absolute Gasteiger partial charge is 0.308 e. The van der Waals surface area contributed by atoms with Gasteiger partial charge < -0.3 is 9.47 Å². The number of methoxy groups -OCH3 is 1. The van der Waals surface area contributed by atoms with E-state index in [0.29, 0.717) is 5.92 Å². The first kappa shape index (κ1) is 13.5. The standard InChI is InChI=1S/C13H24O3/c1-5-6-11(12(14)15-4)10-7-8-16-13(2,3)9-10/h10-11H,5-9H2,1-4H3. The topological polar surface area (TPSA) is 35.5 Å². The lowest BCUT2D eigenvalue weighted by molar-refractivity contribution is -0.152. The van der Waals surface area contributed by atoms with Crippen LogP contribution in [0.25, 0.3) is 0 Å². The average Bonchev–Trinajstić information content (AvgIpc) is 2.23. The summed E-state index contributed by atoms with van der Waals surface area (Å²) < 4.78 is 10.6. The molecule has 3 heteroatoms. The normalized spacial score (nSPS) is 26.1. The van der Waals surface area contributed by atoms with Crippen LogP contribution in [0.3, 0.4) is 0 Å². The summed E-state index contributed by atoms with van der Waals surface area (Å²) in [5.74, 6) is 0.416. The molecule has 16 heavy (non-hydrogen) atoms. The molecule has 0 aromatic rings. The Hall–Kier alpha value is -0.570. The van der Waals surface area contributed by atoms with Crippen LogP contribution >= 0.6 is 0 Å². The van der Waals surface area contributed by atoms with Gasteiger partial charge >= 0.3 is 5.97 Å². The van der Waals surface area contributed by atoms with E-state index >= 15 is 0 Å². The van der Waals surface area contributed by atoms with Gasteiger partial charge in [-0.3, -0.25) is 4.79 Å². The van der Waals surface area contributed by atoms with Crippen LogP contribution in [-0.4, -0.2) is 25.3 Å². The molecule has 0 aromatic heterocycles. The predicted molar refractivity (Wildman–Crippen MR) is 63.2 cm³/mol. The highest BCUT2D eigenvalue weighted by molar-refractivity contribution is 5.72. The molecule has 0 radical (unpaired) electrons. The quantitative estimate of drug-likeness (QED) is 0.694. The third-order valence-corrected chi connectivity index (χ3v) is 3.41. The zero-order valence-electron chi connectivity index (χ0n) is 10.9. The van der Waals surface area contributed by atoms with Crippen molar-refractivity contribution in [2.24, 2.45) is 11.8 Å². The lowest BCUT2D eigenvalue weighted by Crippen LogP contribution is -2.39. The molecule has 0 aromatic carbocycles. The summed E-state index contributed by atoms with van der Waals surface area (Å²) in [5, 5.41) is 0. The van der Waals surface area contributed by atoms with Crippen LogP contribution in [-0.2, 0) is 14.3 Å². The van der Waals surface area contributed by atoms with Crippen LogP contribution in [0.1, 0.15) is 46.5 Å². The number of carbonyl (C=O) groups excluding carboxylic acids is 1. The molecule has 2 unspecified atom stereocenters. The lowest BCUT2D eigenvalue weighted by Gasteiger charge is -2.38. The molecule has 0 saturated carbocycles. The van der Waals surface area contributed by atoms with E-state index in [-0.39, 0.29) is 17.5 Å². The van der Waals surface area contributed by atoms with Crippen LogP contribution in [0, 0.1) is 11.8 Å². The van der Waals surface area contributed by atoms with Gasteiger partial charge in [-0.15, -0.1) is 0 Å². The zero-order chi connectivity index (χ0) is 12.2. The van der Waals surface area contributed by atoms with Crippen LogP contribution in [0.15, 0.2) is 0 Å². The summed E-state index contributed by atoms with van der Waals surface area (Å²) in [6, 6.07) is 0. The van der Waals surface area contributed by atoms with Crippen LogP contribution in [0.2, 0.25) is 0 Å². The average molecular weight is 228 g/mol. The zero-order valence-corrected chi connectivity index (χ0v) is 10.9. The fourth-order valence-electron chi connectivity index (χ4n) is 2.63. The molecule has 0 N–H and O–H groups in total. The van der Waals surface area contributed by atoms with Crippen LogP contribution < -0.4 is 0 Å². The van der Waals surface area contributed by atoms with Crippen molar-refractivity contribution in [1.82, 2.24) is 0 Å². The first-order chi connectivity index (χ1) is 7.50. The summed E-state index contributed by atoms with van der Waals surface area (Å²) in [4.78, 5) is 11.7. The minimum Gasteiger partial charge on any atom is -0.469 e. The van der Waals surface area contributed by atoms with Gasteiger partial charge in [0.2, 0.25) is 0 Å². The molecule has 0 aliphatic carbocycles. The molecule has 0 amide bonds. The molecule has 1 saturated heterocycles. The minimum atomic E-state index is -0.0943. The second kappa shape index (κ2) is 5.67. The van der Waals surface area contributed by atoms with E-state index < -0.39 is 0 Å². The Kier molecular flexibility index (Phi) is 4.78. The van der Waals surface area contributed by atoms with Crippen LogP contribution in [0.5, 0.6) is 0 Å². The van der Waals surface area contributed by atoms with Crippen molar-refractivity contribution in [1.29, 1.82) is 0 Å². The number of rotatable bonds is 4. The maximum atomic E-state index is 11.7. The van der Waals surface area contributed by atoms with Crippen molar-refractivity contribution >= 4 is 5.97 Å². The van der Waals surface area contributed by atoms with E-state index in [2.05, 4.69) is 20.8 Å². The molecule has 0 bridgehead atoms. The van der Waals surface area contributed by atoms with E-state index in [1.165, 1.54) is 7.11 Å². The van der Waals surface area contributed by atoms with Gasteiger partial charge in [0.15, 0.2) is 0 Å². The summed E-state index contributed by atoms with van der Waals surface area (Å²) in [5.41, 5.74) is -0.0943. The first-order valence-electron chi connectivity index (χ1n) is 6.22. The summed E-state index contributed by atoms with van der Waals surface area (Å²) in [6.07, 6.45) is 3.88. The predicted octanol–water partition coefficient (Wildman–Crippen LogP) is 2.78. The van der Waals surface area contributed by atoms with Gasteiger partial charge in [0, 0.05) is 6.61 Å². The molecular formula is C13H24O3. The van der Waals surface area contributed by atoms with Gasteiger partial charge in [-0.2, -0.15) is 0 Å². The molecule has 1 fully saturated rings. The van der Waals surface area contributed by atoms with Gasteiger partial charge in [0.25, 0.3) is 0 Å². The molecule has 1 rings (SSSR count). The number of hydrogen-bond acceptors (Lipinski definition) is 3. The number of carbonyl (C=O) groups is 1. The Labute approximate surface area is 98.5 Å². The monoisotopic (exact) mass is 228 g/mol.